The van der Waals surface area contributed by atoms with Crippen LogP contribution in [-0.4, -0.2) is 53.6 Å². The number of methoxy groups -OCH3 is 3. The van der Waals surface area contributed by atoms with E-state index in [1.807, 2.05) is 31.2 Å². The minimum Gasteiger partial charge on any atom is -0.497 e. The third kappa shape index (κ3) is 8.02. The van der Waals surface area contributed by atoms with Gasteiger partial charge in [0, 0.05) is 25.8 Å². The topological polar surface area (TPSA) is 73.3 Å². The second kappa shape index (κ2) is 13.4. The average molecular weight is 430 g/mol. The van der Waals surface area contributed by atoms with E-state index in [0.717, 1.165) is 52.9 Å². The summed E-state index contributed by atoms with van der Waals surface area (Å²) in [5.41, 5.74) is 3.27. The number of aliphatic imine (C=N–C) groups is 1. The van der Waals surface area contributed by atoms with E-state index in [1.54, 1.807) is 21.3 Å². The van der Waals surface area contributed by atoms with E-state index in [9.17, 15) is 0 Å². The Labute approximate surface area is 185 Å². The standard InChI is InChI=1S/C24H35N3O4/c1-6-25-24(26-12-11-19-16-21(29-4)9-10-22(19)30-5)27-17-20-8-7-18(2)15-23(20)31-14-13-28-3/h7-10,15-16H,6,11-14,17H2,1-5H3,(H2,25,26,27). The fourth-order valence-corrected chi connectivity index (χ4v) is 3.06. The second-order valence-electron chi connectivity index (χ2n) is 7.00. The van der Waals surface area contributed by atoms with Gasteiger partial charge in [0.05, 0.1) is 27.4 Å². The average Bonchev–Trinajstić information content (AvgIpc) is 2.78. The summed E-state index contributed by atoms with van der Waals surface area (Å²) >= 11 is 0. The third-order valence-corrected chi connectivity index (χ3v) is 4.69. The van der Waals surface area contributed by atoms with Crippen molar-refractivity contribution in [2.45, 2.75) is 26.8 Å². The number of nitrogens with one attached hydrogen (secondary N) is 2. The highest BCUT2D eigenvalue weighted by molar-refractivity contribution is 5.79. The van der Waals surface area contributed by atoms with Crippen molar-refractivity contribution in [1.29, 1.82) is 0 Å². The zero-order valence-electron chi connectivity index (χ0n) is 19.3. The summed E-state index contributed by atoms with van der Waals surface area (Å²) in [5.74, 6) is 3.27. The Hall–Kier alpha value is -2.93. The van der Waals surface area contributed by atoms with Crippen LogP contribution in [0.2, 0.25) is 0 Å². The Morgan fingerprint density at radius 2 is 1.74 bits per heavy atom. The first-order chi connectivity index (χ1) is 15.1. The summed E-state index contributed by atoms with van der Waals surface area (Å²) in [4.78, 5) is 4.74. The molecule has 0 saturated carbocycles. The van der Waals surface area contributed by atoms with Crippen LogP contribution < -0.4 is 24.8 Å². The molecule has 7 heteroatoms. The quantitative estimate of drug-likeness (QED) is 0.306. The molecule has 2 rings (SSSR count). The van der Waals surface area contributed by atoms with Crippen LogP contribution in [0.1, 0.15) is 23.6 Å². The summed E-state index contributed by atoms with van der Waals surface area (Å²) in [7, 11) is 5.01. The monoisotopic (exact) mass is 429 g/mol. The van der Waals surface area contributed by atoms with Gasteiger partial charge in [-0.15, -0.1) is 0 Å². The van der Waals surface area contributed by atoms with Crippen molar-refractivity contribution >= 4 is 5.96 Å². The second-order valence-corrected chi connectivity index (χ2v) is 7.00. The van der Waals surface area contributed by atoms with Gasteiger partial charge in [0.25, 0.3) is 0 Å². The van der Waals surface area contributed by atoms with Crippen LogP contribution >= 0.6 is 0 Å². The van der Waals surface area contributed by atoms with Crippen LogP contribution in [-0.2, 0) is 17.7 Å². The highest BCUT2D eigenvalue weighted by Gasteiger charge is 2.07. The summed E-state index contributed by atoms with van der Waals surface area (Å²) in [6.07, 6.45) is 0.778. The zero-order chi connectivity index (χ0) is 22.5. The largest absolute Gasteiger partial charge is 0.497 e. The minimum atomic E-state index is 0.511. The maximum Gasteiger partial charge on any atom is 0.191 e. The lowest BCUT2D eigenvalue weighted by Gasteiger charge is -2.15. The number of nitrogens with zero attached hydrogens (tertiary/aromatic N) is 1. The molecule has 0 atom stereocenters. The first kappa shape index (κ1) is 24.3. The molecule has 0 aliphatic carbocycles. The molecule has 0 radical (unpaired) electrons. The molecule has 170 valence electrons. The number of hydrogen-bond acceptors (Lipinski definition) is 5. The molecule has 2 aromatic rings. The fourth-order valence-electron chi connectivity index (χ4n) is 3.06. The smallest absolute Gasteiger partial charge is 0.191 e. The van der Waals surface area contributed by atoms with Crippen LogP contribution in [0, 0.1) is 6.92 Å². The van der Waals surface area contributed by atoms with Crippen molar-refractivity contribution < 1.29 is 18.9 Å². The van der Waals surface area contributed by atoms with Crippen molar-refractivity contribution in [2.24, 2.45) is 4.99 Å². The van der Waals surface area contributed by atoms with Crippen LogP contribution in [0.4, 0.5) is 0 Å². The van der Waals surface area contributed by atoms with E-state index in [-0.39, 0.29) is 0 Å². The molecule has 0 unspecified atom stereocenters. The normalized spacial score (nSPS) is 11.2. The lowest BCUT2D eigenvalue weighted by molar-refractivity contribution is 0.145. The first-order valence-corrected chi connectivity index (χ1v) is 10.6. The fraction of sp³-hybridized carbons (Fsp3) is 0.458. The molecule has 2 N–H and O–H groups in total. The summed E-state index contributed by atoms with van der Waals surface area (Å²) < 4.78 is 21.8. The summed E-state index contributed by atoms with van der Waals surface area (Å²) in [5, 5.41) is 6.69. The third-order valence-electron chi connectivity index (χ3n) is 4.69. The molecule has 0 aliphatic rings. The summed E-state index contributed by atoms with van der Waals surface area (Å²) in [6.45, 7) is 7.16. The van der Waals surface area contributed by atoms with Crippen molar-refractivity contribution in [2.75, 3.05) is 47.6 Å². The highest BCUT2D eigenvalue weighted by Crippen LogP contribution is 2.24. The maximum absolute atomic E-state index is 5.88. The van der Waals surface area contributed by atoms with Crippen LogP contribution in [0.5, 0.6) is 17.2 Å². The van der Waals surface area contributed by atoms with Gasteiger partial charge in [-0.3, -0.25) is 0 Å². The number of aryl methyl sites for hydroxylation is 1. The van der Waals surface area contributed by atoms with Crippen molar-refractivity contribution in [3.8, 4) is 17.2 Å². The molecular weight excluding hydrogens is 394 g/mol. The van der Waals surface area contributed by atoms with E-state index in [0.29, 0.717) is 26.3 Å². The van der Waals surface area contributed by atoms with Crippen molar-refractivity contribution in [3.63, 3.8) is 0 Å². The molecule has 0 amide bonds. The Bertz CT molecular complexity index is 840. The van der Waals surface area contributed by atoms with Crippen LogP contribution in [0.3, 0.4) is 0 Å². The number of benzene rings is 2. The Morgan fingerprint density at radius 1 is 0.903 bits per heavy atom. The van der Waals surface area contributed by atoms with Crippen LogP contribution in [0.25, 0.3) is 0 Å². The zero-order valence-corrected chi connectivity index (χ0v) is 19.3. The van der Waals surface area contributed by atoms with Gasteiger partial charge in [-0.25, -0.2) is 4.99 Å². The first-order valence-electron chi connectivity index (χ1n) is 10.6. The van der Waals surface area contributed by atoms with Gasteiger partial charge in [0.1, 0.15) is 23.9 Å². The summed E-state index contributed by atoms with van der Waals surface area (Å²) in [6, 6.07) is 12.0. The van der Waals surface area contributed by atoms with Gasteiger partial charge < -0.3 is 29.6 Å². The Balaban J connectivity index is 2.03. The Kier molecular flexibility index (Phi) is 10.5. The van der Waals surface area contributed by atoms with Gasteiger partial charge in [0.2, 0.25) is 0 Å². The molecular formula is C24H35N3O4. The minimum absolute atomic E-state index is 0.511. The maximum atomic E-state index is 5.88. The van der Waals surface area contributed by atoms with Gasteiger partial charge in [-0.05, 0) is 55.7 Å². The van der Waals surface area contributed by atoms with Gasteiger partial charge in [0.15, 0.2) is 5.96 Å². The number of hydrogen-bond donors (Lipinski definition) is 2. The van der Waals surface area contributed by atoms with E-state index in [4.69, 9.17) is 23.9 Å². The molecule has 31 heavy (non-hydrogen) atoms. The molecule has 0 aromatic heterocycles. The van der Waals surface area contributed by atoms with E-state index in [2.05, 4.69) is 29.7 Å². The van der Waals surface area contributed by atoms with Gasteiger partial charge in [-0.1, -0.05) is 12.1 Å². The lowest BCUT2D eigenvalue weighted by atomic mass is 10.1. The van der Waals surface area contributed by atoms with Gasteiger partial charge >= 0.3 is 0 Å². The molecule has 0 fully saturated rings. The SMILES string of the molecule is CCNC(=NCc1ccc(C)cc1OCCOC)NCCc1cc(OC)ccc1OC. The molecule has 0 aliphatic heterocycles. The molecule has 7 nitrogen and oxygen atoms in total. The van der Waals surface area contributed by atoms with Crippen molar-refractivity contribution in [1.82, 2.24) is 10.6 Å². The highest BCUT2D eigenvalue weighted by atomic mass is 16.5. The van der Waals surface area contributed by atoms with Gasteiger partial charge in [-0.2, -0.15) is 0 Å². The lowest BCUT2D eigenvalue weighted by Crippen LogP contribution is -2.38. The molecule has 2 aromatic carbocycles. The van der Waals surface area contributed by atoms with Crippen LogP contribution in [0.15, 0.2) is 41.4 Å². The predicted octanol–water partition coefficient (Wildman–Crippen LogP) is 3.34. The predicted molar refractivity (Wildman–Crippen MR) is 125 cm³/mol. The van der Waals surface area contributed by atoms with E-state index < -0.39 is 0 Å². The molecule has 0 heterocycles. The molecule has 0 saturated heterocycles. The van der Waals surface area contributed by atoms with Crippen molar-refractivity contribution in [3.05, 3.63) is 53.1 Å². The Morgan fingerprint density at radius 3 is 2.45 bits per heavy atom. The molecule has 0 bridgehead atoms. The number of ether oxygens (including phenoxy) is 4. The number of rotatable bonds is 12. The van der Waals surface area contributed by atoms with E-state index in [1.165, 1.54) is 0 Å². The molecule has 0 spiro atoms. The number of guanidine groups is 1. The van der Waals surface area contributed by atoms with E-state index >= 15 is 0 Å².